The number of hydrogen-bond donors (Lipinski definition) is 1. The zero-order valence-electron chi connectivity index (χ0n) is 13.4. The van der Waals surface area contributed by atoms with Crippen LogP contribution in [0.25, 0.3) is 0 Å². The van der Waals surface area contributed by atoms with Crippen molar-refractivity contribution in [3.63, 3.8) is 0 Å². The molecule has 0 radical (unpaired) electrons. The van der Waals surface area contributed by atoms with Gasteiger partial charge in [0.25, 0.3) is 0 Å². The first-order valence-corrected chi connectivity index (χ1v) is 8.54. The summed E-state index contributed by atoms with van der Waals surface area (Å²) in [5.41, 5.74) is 1.36. The van der Waals surface area contributed by atoms with Crippen LogP contribution in [0.3, 0.4) is 0 Å². The number of benzene rings is 1. The maximum Gasteiger partial charge on any atom is 0.0583 e. The molecular weight excluding hydrogens is 282 g/mol. The fourth-order valence-corrected chi connectivity index (χ4v) is 3.15. The molecule has 118 valence electrons. The van der Waals surface area contributed by atoms with E-state index >= 15 is 0 Å². The first-order valence-electron chi connectivity index (χ1n) is 8.16. The highest BCUT2D eigenvalue weighted by Gasteiger charge is 2.25. The van der Waals surface area contributed by atoms with E-state index in [1.54, 1.807) is 0 Å². The summed E-state index contributed by atoms with van der Waals surface area (Å²) < 4.78 is 6.01. The standard InChI is InChI=1S/C18H28ClNO/c1-13(2)20-12-16(11-18-9-4-14(3)21-18)10-15-5-7-17(19)8-6-15/h5-8,13-14,16,18,20H,4,9-12H2,1-3H3. The molecule has 21 heavy (non-hydrogen) atoms. The number of rotatable bonds is 7. The molecule has 1 saturated heterocycles. The average molecular weight is 310 g/mol. The van der Waals surface area contributed by atoms with Gasteiger partial charge >= 0.3 is 0 Å². The van der Waals surface area contributed by atoms with Gasteiger partial charge in [0.05, 0.1) is 12.2 Å². The molecule has 1 aromatic carbocycles. The molecule has 1 aliphatic rings. The largest absolute Gasteiger partial charge is 0.375 e. The molecule has 1 N–H and O–H groups in total. The van der Waals surface area contributed by atoms with Gasteiger partial charge in [-0.2, -0.15) is 0 Å². The Morgan fingerprint density at radius 2 is 1.95 bits per heavy atom. The molecule has 1 aromatic rings. The normalized spacial score (nSPS) is 23.7. The summed E-state index contributed by atoms with van der Waals surface area (Å²) in [5, 5.41) is 4.39. The highest BCUT2D eigenvalue weighted by Crippen LogP contribution is 2.26. The van der Waals surface area contributed by atoms with Crippen LogP contribution in [0, 0.1) is 5.92 Å². The van der Waals surface area contributed by atoms with Crippen molar-refractivity contribution in [2.45, 2.75) is 64.7 Å². The van der Waals surface area contributed by atoms with Crippen molar-refractivity contribution < 1.29 is 4.74 Å². The predicted octanol–water partition coefficient (Wildman–Crippen LogP) is 4.45. The molecule has 1 aliphatic heterocycles. The molecule has 2 rings (SSSR count). The van der Waals surface area contributed by atoms with E-state index in [0.29, 0.717) is 24.2 Å². The molecule has 2 nitrogen and oxygen atoms in total. The van der Waals surface area contributed by atoms with Gasteiger partial charge in [-0.05, 0) is 62.8 Å². The van der Waals surface area contributed by atoms with Gasteiger partial charge in [0.15, 0.2) is 0 Å². The van der Waals surface area contributed by atoms with Crippen LogP contribution in [-0.4, -0.2) is 24.8 Å². The smallest absolute Gasteiger partial charge is 0.0583 e. The fourth-order valence-electron chi connectivity index (χ4n) is 3.03. The van der Waals surface area contributed by atoms with Crippen LogP contribution in [0.1, 0.15) is 45.6 Å². The Labute approximate surface area is 134 Å². The summed E-state index contributed by atoms with van der Waals surface area (Å²) in [7, 11) is 0. The van der Waals surface area contributed by atoms with Crippen molar-refractivity contribution in [2.75, 3.05) is 6.54 Å². The molecule has 1 fully saturated rings. The average Bonchev–Trinajstić information content (AvgIpc) is 2.84. The van der Waals surface area contributed by atoms with Gasteiger partial charge in [-0.15, -0.1) is 0 Å². The third-order valence-electron chi connectivity index (χ3n) is 4.17. The predicted molar refractivity (Wildman–Crippen MR) is 90.0 cm³/mol. The molecule has 0 aromatic heterocycles. The van der Waals surface area contributed by atoms with Crippen LogP contribution in [0.15, 0.2) is 24.3 Å². The lowest BCUT2D eigenvalue weighted by Crippen LogP contribution is -2.32. The minimum absolute atomic E-state index is 0.434. The summed E-state index contributed by atoms with van der Waals surface area (Å²) in [6, 6.07) is 8.78. The highest BCUT2D eigenvalue weighted by molar-refractivity contribution is 6.30. The van der Waals surface area contributed by atoms with E-state index in [4.69, 9.17) is 16.3 Å². The van der Waals surface area contributed by atoms with Crippen LogP contribution in [0.2, 0.25) is 5.02 Å². The van der Waals surface area contributed by atoms with Crippen molar-refractivity contribution in [1.82, 2.24) is 5.32 Å². The van der Waals surface area contributed by atoms with E-state index in [0.717, 1.165) is 24.4 Å². The van der Waals surface area contributed by atoms with E-state index in [-0.39, 0.29) is 0 Å². The van der Waals surface area contributed by atoms with Gasteiger partial charge in [-0.1, -0.05) is 37.6 Å². The molecule has 0 spiro atoms. The Morgan fingerprint density at radius 3 is 2.52 bits per heavy atom. The van der Waals surface area contributed by atoms with Gasteiger partial charge in [0.2, 0.25) is 0 Å². The Bertz CT molecular complexity index is 418. The Morgan fingerprint density at radius 1 is 1.24 bits per heavy atom. The van der Waals surface area contributed by atoms with Gasteiger partial charge < -0.3 is 10.1 Å². The molecule has 3 heteroatoms. The summed E-state index contributed by atoms with van der Waals surface area (Å²) in [6.07, 6.45) is 5.52. The Balaban J connectivity index is 1.92. The van der Waals surface area contributed by atoms with Crippen LogP contribution in [0.4, 0.5) is 0 Å². The summed E-state index contributed by atoms with van der Waals surface area (Å²) in [5.74, 6) is 0.615. The second-order valence-electron chi connectivity index (χ2n) is 6.64. The minimum atomic E-state index is 0.434. The second kappa shape index (κ2) is 8.17. The van der Waals surface area contributed by atoms with E-state index in [1.807, 2.05) is 12.1 Å². The maximum absolute atomic E-state index is 6.01. The summed E-state index contributed by atoms with van der Waals surface area (Å²) in [4.78, 5) is 0. The van der Waals surface area contributed by atoms with Crippen molar-refractivity contribution in [2.24, 2.45) is 5.92 Å². The lowest BCUT2D eigenvalue weighted by atomic mass is 9.92. The van der Waals surface area contributed by atoms with Crippen LogP contribution in [-0.2, 0) is 11.2 Å². The van der Waals surface area contributed by atoms with Gasteiger partial charge in [0.1, 0.15) is 0 Å². The van der Waals surface area contributed by atoms with E-state index in [1.165, 1.54) is 18.4 Å². The van der Waals surface area contributed by atoms with Crippen molar-refractivity contribution >= 4 is 11.6 Å². The Kier molecular flexibility index (Phi) is 6.53. The van der Waals surface area contributed by atoms with Gasteiger partial charge in [-0.25, -0.2) is 0 Å². The fraction of sp³-hybridized carbons (Fsp3) is 0.667. The maximum atomic E-state index is 6.01. The van der Waals surface area contributed by atoms with E-state index < -0.39 is 0 Å². The van der Waals surface area contributed by atoms with Crippen LogP contribution < -0.4 is 5.32 Å². The molecule has 0 aliphatic carbocycles. The first-order chi connectivity index (χ1) is 10.0. The first kappa shape index (κ1) is 16.8. The zero-order chi connectivity index (χ0) is 15.2. The molecule has 3 atom stereocenters. The molecule has 3 unspecified atom stereocenters. The van der Waals surface area contributed by atoms with Crippen LogP contribution >= 0.6 is 11.6 Å². The summed E-state index contributed by atoms with van der Waals surface area (Å²) in [6.45, 7) is 7.64. The van der Waals surface area contributed by atoms with Gasteiger partial charge in [0, 0.05) is 11.1 Å². The molecule has 0 bridgehead atoms. The quantitative estimate of drug-likeness (QED) is 0.803. The van der Waals surface area contributed by atoms with Crippen LogP contribution in [0.5, 0.6) is 0 Å². The van der Waals surface area contributed by atoms with E-state index in [2.05, 4.69) is 38.2 Å². The summed E-state index contributed by atoms with van der Waals surface area (Å²) >= 11 is 5.97. The monoisotopic (exact) mass is 309 g/mol. The lowest BCUT2D eigenvalue weighted by Gasteiger charge is -2.23. The number of ether oxygens (including phenoxy) is 1. The van der Waals surface area contributed by atoms with Crippen molar-refractivity contribution in [3.8, 4) is 0 Å². The zero-order valence-corrected chi connectivity index (χ0v) is 14.2. The highest BCUT2D eigenvalue weighted by atomic mass is 35.5. The molecule has 0 saturated carbocycles. The topological polar surface area (TPSA) is 21.3 Å². The Hall–Kier alpha value is -0.570. The molecule has 0 amide bonds. The second-order valence-corrected chi connectivity index (χ2v) is 7.08. The number of halogens is 1. The number of nitrogens with one attached hydrogen (secondary N) is 1. The minimum Gasteiger partial charge on any atom is -0.375 e. The van der Waals surface area contributed by atoms with Crippen molar-refractivity contribution in [3.05, 3.63) is 34.9 Å². The van der Waals surface area contributed by atoms with Gasteiger partial charge in [-0.3, -0.25) is 0 Å². The van der Waals surface area contributed by atoms with E-state index in [9.17, 15) is 0 Å². The molecule has 1 heterocycles. The molecular formula is C18H28ClNO. The van der Waals surface area contributed by atoms with Crippen molar-refractivity contribution in [1.29, 1.82) is 0 Å². The lowest BCUT2D eigenvalue weighted by molar-refractivity contribution is 0.0406. The third-order valence-corrected chi connectivity index (χ3v) is 4.42. The third kappa shape index (κ3) is 5.98. The SMILES string of the molecule is CC(C)NCC(Cc1ccc(Cl)cc1)CC1CCC(C)O1. The number of hydrogen-bond acceptors (Lipinski definition) is 2.